The van der Waals surface area contributed by atoms with Crippen LogP contribution in [-0.4, -0.2) is 22.7 Å². The molecule has 4 rings (SSSR count). The normalized spacial score (nSPS) is 12.1. The van der Waals surface area contributed by atoms with E-state index in [0.717, 1.165) is 35.4 Å². The number of carbonyl (C=O) groups excluding carboxylic acids is 1. The largest absolute Gasteiger partial charge is 0.417 e. The molecule has 0 atom stereocenters. The summed E-state index contributed by atoms with van der Waals surface area (Å²) in [5.41, 5.74) is 1.23. The van der Waals surface area contributed by atoms with Gasteiger partial charge in [-0.3, -0.25) is 14.2 Å². The number of nitrogens with one attached hydrogen (secondary N) is 3. The summed E-state index contributed by atoms with van der Waals surface area (Å²) < 4.78 is 95.9. The quantitative estimate of drug-likeness (QED) is 0.187. The molecule has 0 saturated carbocycles. The Balaban J connectivity index is 1.50. The number of rotatable bonds is 8. The third kappa shape index (κ3) is 7.66. The lowest BCUT2D eigenvalue weighted by atomic mass is 10.1. The van der Waals surface area contributed by atoms with Gasteiger partial charge in [-0.15, -0.1) is 0 Å². The van der Waals surface area contributed by atoms with Gasteiger partial charge in [-0.05, 0) is 104 Å². The van der Waals surface area contributed by atoms with Crippen molar-refractivity contribution in [2.75, 3.05) is 14.8 Å². The molecule has 4 aromatic carbocycles. The molecule has 14 heteroatoms. The summed E-state index contributed by atoms with van der Waals surface area (Å²) in [4.78, 5) is 12.6. The minimum absolute atomic E-state index is 0.0352. The lowest BCUT2D eigenvalue weighted by molar-refractivity contribution is -0.137. The zero-order valence-electron chi connectivity index (χ0n) is 22.9. The third-order valence-electron chi connectivity index (χ3n) is 6.16. The van der Waals surface area contributed by atoms with Gasteiger partial charge in [0.1, 0.15) is 0 Å². The highest BCUT2D eigenvalue weighted by Gasteiger charge is 2.33. The van der Waals surface area contributed by atoms with Crippen LogP contribution in [0.4, 0.5) is 30.2 Å². The summed E-state index contributed by atoms with van der Waals surface area (Å²) in [6.45, 7) is 5.28. The molecule has 0 spiro atoms. The third-order valence-corrected chi connectivity index (χ3v) is 9.41. The Morgan fingerprint density at radius 3 is 1.88 bits per heavy atom. The summed E-state index contributed by atoms with van der Waals surface area (Å²) in [5.74, 6) is -0.655. The highest BCUT2D eigenvalue weighted by Crippen LogP contribution is 2.36. The van der Waals surface area contributed by atoms with Crippen molar-refractivity contribution >= 4 is 54.6 Å². The maximum absolute atomic E-state index is 13.2. The second kappa shape index (κ2) is 11.9. The lowest BCUT2D eigenvalue weighted by Crippen LogP contribution is -2.17. The second-order valence-corrected chi connectivity index (χ2v) is 13.5. The lowest BCUT2D eigenvalue weighted by Gasteiger charge is -2.14. The number of amides is 1. The number of hydrogen-bond acceptors (Lipinski definition) is 5. The van der Waals surface area contributed by atoms with Crippen LogP contribution in [-0.2, 0) is 26.2 Å². The van der Waals surface area contributed by atoms with Gasteiger partial charge in [-0.2, -0.15) is 13.2 Å². The zero-order chi connectivity index (χ0) is 31.7. The fourth-order valence-electron chi connectivity index (χ4n) is 4.22. The summed E-state index contributed by atoms with van der Waals surface area (Å²) >= 11 is 5.59. The molecule has 0 aliphatic carbocycles. The van der Waals surface area contributed by atoms with Crippen LogP contribution in [0.25, 0.3) is 0 Å². The van der Waals surface area contributed by atoms with E-state index in [1.165, 1.54) is 30.3 Å². The van der Waals surface area contributed by atoms with Gasteiger partial charge in [-0.25, -0.2) is 16.8 Å². The van der Waals surface area contributed by atoms with Crippen molar-refractivity contribution < 1.29 is 34.8 Å². The Kier molecular flexibility index (Phi) is 8.82. The van der Waals surface area contributed by atoms with E-state index in [2.05, 4.69) is 14.8 Å². The van der Waals surface area contributed by atoms with E-state index in [0.29, 0.717) is 17.3 Å². The van der Waals surface area contributed by atoms with E-state index in [-0.39, 0.29) is 26.7 Å². The molecule has 0 aliphatic heterocycles. The van der Waals surface area contributed by atoms with Gasteiger partial charge in [0.25, 0.3) is 26.0 Å². The molecule has 0 aromatic heterocycles. The standard InChI is InChI=1S/C29H25ClF3N3O5S2/c1-17-12-18(2)14-23(13-17)36-43(40,41)27-15-20(5-4-19(27)3)28(37)34-21-6-9-24(10-7-21)42(38,39)35-22-8-11-26(30)25(16-22)29(31,32)33/h4-16,35-36H,1-3H3,(H,34,37). The van der Waals surface area contributed by atoms with Gasteiger partial charge in [0.05, 0.1) is 20.4 Å². The molecule has 0 heterocycles. The molecule has 1 amide bonds. The molecule has 226 valence electrons. The molecular formula is C29H25ClF3N3O5S2. The average Bonchev–Trinajstić information content (AvgIpc) is 2.88. The molecule has 0 aliphatic rings. The van der Waals surface area contributed by atoms with Crippen LogP contribution >= 0.6 is 11.6 Å². The van der Waals surface area contributed by atoms with Gasteiger partial charge < -0.3 is 5.32 Å². The number of sulfonamides is 2. The predicted octanol–water partition coefficient (Wildman–Crippen LogP) is 7.14. The number of carbonyl (C=O) groups is 1. The second-order valence-electron chi connectivity index (χ2n) is 9.74. The average molecular weight is 652 g/mol. The first-order valence-corrected chi connectivity index (χ1v) is 15.8. The van der Waals surface area contributed by atoms with Gasteiger partial charge >= 0.3 is 6.18 Å². The number of anilines is 3. The number of alkyl halides is 3. The van der Waals surface area contributed by atoms with Gasteiger partial charge in [0, 0.05) is 22.6 Å². The fourth-order valence-corrected chi connectivity index (χ4v) is 6.80. The first-order chi connectivity index (χ1) is 19.9. The van der Waals surface area contributed by atoms with Crippen molar-refractivity contribution in [1.82, 2.24) is 0 Å². The number of benzene rings is 4. The van der Waals surface area contributed by atoms with Crippen molar-refractivity contribution in [3.63, 3.8) is 0 Å². The Bertz CT molecular complexity index is 1910. The maximum atomic E-state index is 13.2. The van der Waals surface area contributed by atoms with Gasteiger partial charge in [0.15, 0.2) is 0 Å². The minimum atomic E-state index is -4.78. The van der Waals surface area contributed by atoms with Crippen molar-refractivity contribution in [2.45, 2.75) is 36.7 Å². The summed E-state index contributed by atoms with van der Waals surface area (Å²) in [5, 5.41) is 1.99. The van der Waals surface area contributed by atoms with Gasteiger partial charge in [0.2, 0.25) is 0 Å². The van der Waals surface area contributed by atoms with Crippen molar-refractivity contribution in [1.29, 1.82) is 0 Å². The molecule has 0 unspecified atom stereocenters. The van der Waals surface area contributed by atoms with Crippen molar-refractivity contribution in [3.05, 3.63) is 112 Å². The van der Waals surface area contributed by atoms with Crippen LogP contribution in [0.3, 0.4) is 0 Å². The summed E-state index contributed by atoms with van der Waals surface area (Å²) in [6, 6.07) is 16.9. The Morgan fingerprint density at radius 2 is 1.28 bits per heavy atom. The molecule has 8 nitrogen and oxygen atoms in total. The summed E-state index contributed by atoms with van der Waals surface area (Å²) in [7, 11) is -8.33. The summed E-state index contributed by atoms with van der Waals surface area (Å²) in [6.07, 6.45) is -4.78. The van der Waals surface area contributed by atoms with Gasteiger partial charge in [-0.1, -0.05) is 23.7 Å². The van der Waals surface area contributed by atoms with E-state index >= 15 is 0 Å². The molecule has 0 saturated heterocycles. The van der Waals surface area contributed by atoms with Crippen LogP contribution < -0.4 is 14.8 Å². The van der Waals surface area contributed by atoms with E-state index in [1.54, 1.807) is 19.1 Å². The molecule has 43 heavy (non-hydrogen) atoms. The molecule has 3 N–H and O–H groups in total. The SMILES string of the molecule is Cc1cc(C)cc(NS(=O)(=O)c2cc(C(=O)Nc3ccc(S(=O)(=O)Nc4ccc(Cl)c(C(F)(F)F)c4)cc3)ccc2C)c1. The van der Waals surface area contributed by atoms with Crippen LogP contribution in [0, 0.1) is 20.8 Å². The first kappa shape index (κ1) is 31.9. The molecule has 0 radical (unpaired) electrons. The monoisotopic (exact) mass is 651 g/mol. The smallest absolute Gasteiger partial charge is 0.322 e. The molecule has 4 aromatic rings. The Morgan fingerprint density at radius 1 is 0.698 bits per heavy atom. The molecule has 0 bridgehead atoms. The fraction of sp³-hybridized carbons (Fsp3) is 0.138. The highest BCUT2D eigenvalue weighted by atomic mass is 35.5. The van der Waals surface area contributed by atoms with E-state index < -0.39 is 42.7 Å². The topological polar surface area (TPSA) is 121 Å². The van der Waals surface area contributed by atoms with Crippen LogP contribution in [0.2, 0.25) is 5.02 Å². The minimum Gasteiger partial charge on any atom is -0.322 e. The highest BCUT2D eigenvalue weighted by molar-refractivity contribution is 7.93. The number of aryl methyl sites for hydroxylation is 3. The zero-order valence-corrected chi connectivity index (χ0v) is 25.3. The van der Waals surface area contributed by atoms with Crippen LogP contribution in [0.5, 0.6) is 0 Å². The van der Waals surface area contributed by atoms with E-state index in [4.69, 9.17) is 11.6 Å². The maximum Gasteiger partial charge on any atom is 0.417 e. The first-order valence-electron chi connectivity index (χ1n) is 12.5. The molecular weight excluding hydrogens is 627 g/mol. The number of halogens is 4. The Labute approximate surface area is 252 Å². The van der Waals surface area contributed by atoms with E-state index in [9.17, 15) is 34.8 Å². The predicted molar refractivity (Wildman–Crippen MR) is 160 cm³/mol. The van der Waals surface area contributed by atoms with Crippen LogP contribution in [0.1, 0.15) is 32.6 Å². The Hall–Kier alpha value is -4.07. The number of hydrogen-bond donors (Lipinski definition) is 3. The van der Waals surface area contributed by atoms with Crippen molar-refractivity contribution in [2.24, 2.45) is 0 Å². The van der Waals surface area contributed by atoms with Crippen molar-refractivity contribution in [3.8, 4) is 0 Å². The van der Waals surface area contributed by atoms with E-state index in [1.807, 2.05) is 19.9 Å². The van der Waals surface area contributed by atoms with Crippen LogP contribution in [0.15, 0.2) is 88.7 Å². The molecule has 0 fully saturated rings.